The third-order valence-electron chi connectivity index (χ3n) is 1.22. The van der Waals surface area contributed by atoms with Crippen LogP contribution in [0.15, 0.2) is 17.2 Å². The van der Waals surface area contributed by atoms with Gasteiger partial charge >= 0.3 is 0 Å². The highest BCUT2D eigenvalue weighted by atomic mass is 19.2. The lowest BCUT2D eigenvalue weighted by Crippen LogP contribution is -1.96. The summed E-state index contributed by atoms with van der Waals surface area (Å²) < 4.78 is 37.4. The van der Waals surface area contributed by atoms with Crippen LogP contribution in [0.5, 0.6) is 0 Å². The molecular formula is C7H4F3N2. The van der Waals surface area contributed by atoms with Gasteiger partial charge in [-0.25, -0.2) is 13.2 Å². The summed E-state index contributed by atoms with van der Waals surface area (Å²) >= 11 is 0. The smallest absolute Gasteiger partial charge is 0.196 e. The number of hydrogen-bond acceptors (Lipinski definition) is 2. The van der Waals surface area contributed by atoms with Crippen LogP contribution < -0.4 is 5.43 Å². The molecule has 0 fully saturated rings. The first-order valence-corrected chi connectivity index (χ1v) is 2.96. The van der Waals surface area contributed by atoms with E-state index in [0.29, 0.717) is 0 Å². The van der Waals surface area contributed by atoms with Crippen molar-refractivity contribution in [1.82, 2.24) is 0 Å². The standard InChI is InChI=1S/C7H4F3N2/c1-11-12-5-3-2-4(8)6(9)7(5)10/h1-3,12H. The van der Waals surface area contributed by atoms with Crippen LogP contribution in [-0.4, -0.2) is 6.72 Å². The minimum Gasteiger partial charge on any atom is -0.275 e. The quantitative estimate of drug-likeness (QED) is 0.413. The molecule has 0 amide bonds. The van der Waals surface area contributed by atoms with Gasteiger partial charge in [0.25, 0.3) is 0 Å². The average molecular weight is 173 g/mol. The fourth-order valence-corrected chi connectivity index (χ4v) is 0.682. The summed E-state index contributed by atoms with van der Waals surface area (Å²) in [6.45, 7) is 4.65. The van der Waals surface area contributed by atoms with Crippen molar-refractivity contribution >= 4 is 12.4 Å². The topological polar surface area (TPSA) is 24.4 Å². The third-order valence-corrected chi connectivity index (χ3v) is 1.22. The van der Waals surface area contributed by atoms with E-state index in [4.69, 9.17) is 0 Å². The molecule has 0 atom stereocenters. The molecular weight excluding hydrogens is 169 g/mol. The lowest BCUT2D eigenvalue weighted by atomic mass is 10.3. The lowest BCUT2D eigenvalue weighted by molar-refractivity contribution is 0.449. The molecule has 0 saturated carbocycles. The molecule has 1 rings (SSSR count). The second-order valence-electron chi connectivity index (χ2n) is 1.96. The minimum atomic E-state index is -1.55. The molecule has 0 aliphatic heterocycles. The van der Waals surface area contributed by atoms with Crippen LogP contribution in [0.3, 0.4) is 0 Å². The fourth-order valence-electron chi connectivity index (χ4n) is 0.682. The number of anilines is 1. The second-order valence-corrected chi connectivity index (χ2v) is 1.96. The zero-order chi connectivity index (χ0) is 9.14. The van der Waals surface area contributed by atoms with Crippen molar-refractivity contribution in [1.29, 1.82) is 0 Å². The number of hydrogen-bond donors (Lipinski definition) is 1. The van der Waals surface area contributed by atoms with Crippen LogP contribution >= 0.6 is 0 Å². The van der Waals surface area contributed by atoms with Crippen LogP contribution in [0.4, 0.5) is 18.9 Å². The Hall–Kier alpha value is -1.52. The molecule has 1 N–H and O–H groups in total. The van der Waals surface area contributed by atoms with E-state index in [1.807, 2.05) is 5.43 Å². The predicted molar refractivity (Wildman–Crippen MR) is 38.4 cm³/mol. The fraction of sp³-hybridized carbons (Fsp3) is 0. The normalized spacial score (nSPS) is 9.58. The Kier molecular flexibility index (Phi) is 2.32. The molecule has 1 aromatic carbocycles. The first-order chi connectivity index (χ1) is 5.66. The van der Waals surface area contributed by atoms with E-state index in [9.17, 15) is 13.2 Å². The van der Waals surface area contributed by atoms with Gasteiger partial charge < -0.3 is 0 Å². The molecule has 0 saturated heterocycles. The first-order valence-electron chi connectivity index (χ1n) is 2.96. The highest BCUT2D eigenvalue weighted by Crippen LogP contribution is 2.19. The maximum absolute atomic E-state index is 12.7. The van der Waals surface area contributed by atoms with Crippen LogP contribution in [0, 0.1) is 17.5 Å². The van der Waals surface area contributed by atoms with E-state index in [-0.39, 0.29) is 5.69 Å². The van der Waals surface area contributed by atoms with E-state index in [2.05, 4.69) is 11.8 Å². The molecule has 2 nitrogen and oxygen atoms in total. The highest BCUT2D eigenvalue weighted by Gasteiger charge is 2.12. The molecule has 0 unspecified atom stereocenters. The van der Waals surface area contributed by atoms with Crippen molar-refractivity contribution in [3.05, 3.63) is 29.6 Å². The Balaban J connectivity index is 3.16. The van der Waals surface area contributed by atoms with Gasteiger partial charge in [-0.2, -0.15) is 5.10 Å². The largest absolute Gasteiger partial charge is 0.275 e. The van der Waals surface area contributed by atoms with Crippen LogP contribution in [0.1, 0.15) is 0 Å². The minimum absolute atomic E-state index is 0.309. The molecule has 63 valence electrons. The number of nitrogens with zero attached hydrogens (tertiary/aromatic N) is 1. The summed E-state index contributed by atoms with van der Waals surface area (Å²) in [7, 11) is 0. The summed E-state index contributed by atoms with van der Waals surface area (Å²) in [4.78, 5) is 0. The van der Waals surface area contributed by atoms with Gasteiger partial charge in [-0.1, -0.05) is 0 Å². The summed E-state index contributed by atoms with van der Waals surface area (Å²) in [5, 5.41) is 2.86. The van der Waals surface area contributed by atoms with Gasteiger partial charge in [0.1, 0.15) is 0 Å². The number of rotatable bonds is 2. The Morgan fingerprint density at radius 3 is 2.42 bits per heavy atom. The summed E-state index contributed by atoms with van der Waals surface area (Å²) in [5.41, 5.74) is 1.66. The van der Waals surface area contributed by atoms with Crippen LogP contribution in [0.2, 0.25) is 0 Å². The molecule has 0 heterocycles. The van der Waals surface area contributed by atoms with Gasteiger partial charge in [-0.3, -0.25) is 5.43 Å². The molecule has 12 heavy (non-hydrogen) atoms. The predicted octanol–water partition coefficient (Wildman–Crippen LogP) is 2.01. The monoisotopic (exact) mass is 173 g/mol. The lowest BCUT2D eigenvalue weighted by Gasteiger charge is -2.01. The molecule has 0 bridgehead atoms. The summed E-state index contributed by atoms with van der Waals surface area (Å²) in [5.74, 6) is -4.15. The van der Waals surface area contributed by atoms with Crippen molar-refractivity contribution in [2.45, 2.75) is 0 Å². The van der Waals surface area contributed by atoms with Gasteiger partial charge in [0, 0.05) is 0 Å². The molecule has 0 aromatic heterocycles. The maximum Gasteiger partial charge on any atom is 0.196 e. The van der Waals surface area contributed by atoms with E-state index >= 15 is 0 Å². The Morgan fingerprint density at radius 2 is 1.83 bits per heavy atom. The molecule has 1 aromatic rings. The van der Waals surface area contributed by atoms with Crippen molar-refractivity contribution in [2.75, 3.05) is 5.43 Å². The average Bonchev–Trinajstić information content (AvgIpc) is 2.07. The molecule has 0 aliphatic carbocycles. The molecule has 0 aliphatic rings. The molecule has 1 radical (unpaired) electrons. The number of hydrazone groups is 1. The highest BCUT2D eigenvalue weighted by molar-refractivity contribution is 5.46. The van der Waals surface area contributed by atoms with Crippen LogP contribution in [0.25, 0.3) is 0 Å². The Labute approximate surface area is 66.7 Å². The zero-order valence-electron chi connectivity index (χ0n) is 5.81. The zero-order valence-corrected chi connectivity index (χ0v) is 5.81. The third kappa shape index (κ3) is 1.39. The van der Waals surface area contributed by atoms with Crippen molar-refractivity contribution < 1.29 is 13.2 Å². The first kappa shape index (κ1) is 8.58. The maximum atomic E-state index is 12.7. The van der Waals surface area contributed by atoms with Crippen molar-refractivity contribution in [3.8, 4) is 0 Å². The van der Waals surface area contributed by atoms with Crippen molar-refractivity contribution in [2.24, 2.45) is 5.10 Å². The van der Waals surface area contributed by atoms with Gasteiger partial charge in [-0.05, 0) is 12.1 Å². The van der Waals surface area contributed by atoms with Gasteiger partial charge in [0.15, 0.2) is 17.5 Å². The number of halogens is 3. The van der Waals surface area contributed by atoms with E-state index in [1.165, 1.54) is 0 Å². The Morgan fingerprint density at radius 1 is 1.17 bits per heavy atom. The van der Waals surface area contributed by atoms with E-state index in [1.54, 1.807) is 0 Å². The summed E-state index contributed by atoms with van der Waals surface area (Å²) in [6, 6.07) is 1.76. The van der Waals surface area contributed by atoms with Gasteiger partial charge in [-0.15, -0.1) is 0 Å². The van der Waals surface area contributed by atoms with Gasteiger partial charge in [0.2, 0.25) is 0 Å². The SMILES string of the molecule is [CH]=NNc1ccc(F)c(F)c1F. The van der Waals surface area contributed by atoms with Crippen molar-refractivity contribution in [3.63, 3.8) is 0 Å². The summed E-state index contributed by atoms with van der Waals surface area (Å²) in [6.07, 6.45) is 0. The van der Waals surface area contributed by atoms with E-state index in [0.717, 1.165) is 12.1 Å². The van der Waals surface area contributed by atoms with E-state index < -0.39 is 17.5 Å². The van der Waals surface area contributed by atoms with Crippen LogP contribution in [-0.2, 0) is 0 Å². The van der Waals surface area contributed by atoms with Gasteiger partial charge in [0.05, 0.1) is 12.4 Å². The molecule has 5 heteroatoms. The number of benzene rings is 1. The molecule has 0 spiro atoms. The Bertz CT molecular complexity index is 312. The number of nitrogens with one attached hydrogen (secondary N) is 1. The second kappa shape index (κ2) is 3.25.